The second-order valence-corrected chi connectivity index (χ2v) is 6.13. The largest absolute Gasteiger partial charge is 0.504 e. The summed E-state index contributed by atoms with van der Waals surface area (Å²) in [5.41, 5.74) is 3.94. The van der Waals surface area contributed by atoms with E-state index in [0.717, 1.165) is 42.8 Å². The van der Waals surface area contributed by atoms with Gasteiger partial charge in [0.1, 0.15) is 11.4 Å². The summed E-state index contributed by atoms with van der Waals surface area (Å²) >= 11 is 0. The van der Waals surface area contributed by atoms with E-state index in [4.69, 9.17) is 0 Å². The summed E-state index contributed by atoms with van der Waals surface area (Å²) in [5.74, 6) is 0.837. The summed E-state index contributed by atoms with van der Waals surface area (Å²) in [6.07, 6.45) is 3.00. The molecule has 21 heavy (non-hydrogen) atoms. The first-order chi connectivity index (χ1) is 10.0. The van der Waals surface area contributed by atoms with Crippen LogP contribution < -0.4 is 0 Å². The minimum absolute atomic E-state index is 0.356. The monoisotopic (exact) mass is 286 g/mol. The molecule has 3 heteroatoms. The summed E-state index contributed by atoms with van der Waals surface area (Å²) in [4.78, 5) is 0. The minimum atomic E-state index is 0.356. The van der Waals surface area contributed by atoms with E-state index in [2.05, 4.69) is 44.9 Å². The van der Waals surface area contributed by atoms with Crippen LogP contribution in [-0.2, 0) is 13.0 Å². The molecule has 0 fully saturated rings. The van der Waals surface area contributed by atoms with Crippen LogP contribution in [0, 0.1) is 12.8 Å². The molecule has 0 unspecified atom stereocenters. The highest BCUT2D eigenvalue weighted by Crippen LogP contribution is 2.35. The van der Waals surface area contributed by atoms with E-state index in [9.17, 15) is 5.11 Å². The average molecular weight is 286 g/mol. The van der Waals surface area contributed by atoms with Crippen molar-refractivity contribution in [2.45, 2.75) is 53.5 Å². The number of aromatic nitrogens is 2. The first kappa shape index (κ1) is 15.6. The Hall–Kier alpha value is -1.77. The van der Waals surface area contributed by atoms with Crippen molar-refractivity contribution in [3.05, 3.63) is 35.5 Å². The van der Waals surface area contributed by atoms with Gasteiger partial charge in [-0.25, -0.2) is 0 Å². The molecule has 0 saturated carbocycles. The summed E-state index contributed by atoms with van der Waals surface area (Å²) < 4.78 is 1.98. The molecule has 0 aliphatic heterocycles. The van der Waals surface area contributed by atoms with E-state index in [1.54, 1.807) is 0 Å². The molecule has 0 aliphatic carbocycles. The van der Waals surface area contributed by atoms with Crippen molar-refractivity contribution in [3.8, 4) is 17.0 Å². The molecule has 0 spiro atoms. The van der Waals surface area contributed by atoms with Gasteiger partial charge in [0.2, 0.25) is 0 Å². The van der Waals surface area contributed by atoms with Gasteiger partial charge in [-0.05, 0) is 31.2 Å². The Morgan fingerprint density at radius 3 is 2.57 bits per heavy atom. The maximum absolute atomic E-state index is 10.7. The van der Waals surface area contributed by atoms with Crippen LogP contribution in [0.25, 0.3) is 11.3 Å². The van der Waals surface area contributed by atoms with Crippen molar-refractivity contribution < 1.29 is 5.11 Å². The third-order valence-electron chi connectivity index (χ3n) is 3.72. The summed E-state index contributed by atoms with van der Waals surface area (Å²) in [6.45, 7) is 9.40. The van der Waals surface area contributed by atoms with Gasteiger partial charge in [-0.2, -0.15) is 5.10 Å². The van der Waals surface area contributed by atoms with Crippen molar-refractivity contribution in [2.75, 3.05) is 0 Å². The minimum Gasteiger partial charge on any atom is -0.504 e. The smallest absolute Gasteiger partial charge is 0.164 e. The standard InChI is InChI=1S/C18H26N2O/c1-5-6-11-20-17(15-10-8-7-9-14(15)4)18(21)16(19-20)12-13(2)3/h7-10,13,21H,5-6,11-12H2,1-4H3. The molecule has 114 valence electrons. The van der Waals surface area contributed by atoms with Crippen LogP contribution in [-0.4, -0.2) is 14.9 Å². The molecule has 1 aromatic carbocycles. The number of rotatable bonds is 6. The highest BCUT2D eigenvalue weighted by Gasteiger charge is 2.20. The van der Waals surface area contributed by atoms with Gasteiger partial charge < -0.3 is 5.11 Å². The molecule has 0 bridgehead atoms. The predicted octanol–water partition coefficient (Wildman–Crippen LogP) is 4.56. The summed E-state index contributed by atoms with van der Waals surface area (Å²) in [7, 11) is 0. The second-order valence-electron chi connectivity index (χ2n) is 6.13. The number of unbranched alkanes of at least 4 members (excludes halogenated alkanes) is 1. The third-order valence-corrected chi connectivity index (χ3v) is 3.72. The zero-order valence-electron chi connectivity index (χ0n) is 13.6. The highest BCUT2D eigenvalue weighted by atomic mass is 16.3. The number of aryl methyl sites for hydroxylation is 2. The SMILES string of the molecule is CCCCn1nc(CC(C)C)c(O)c1-c1ccccc1C. The molecule has 2 aromatic rings. The lowest BCUT2D eigenvalue weighted by Crippen LogP contribution is -2.04. The van der Waals surface area contributed by atoms with Crippen LogP contribution in [0.1, 0.15) is 44.9 Å². The Morgan fingerprint density at radius 1 is 1.24 bits per heavy atom. The van der Waals surface area contributed by atoms with Gasteiger partial charge in [0.05, 0.1) is 0 Å². The first-order valence-corrected chi connectivity index (χ1v) is 7.89. The molecule has 1 N–H and O–H groups in total. The molecule has 1 heterocycles. The van der Waals surface area contributed by atoms with E-state index in [1.165, 1.54) is 5.56 Å². The summed E-state index contributed by atoms with van der Waals surface area (Å²) in [6, 6.07) is 8.18. The topological polar surface area (TPSA) is 38.0 Å². The van der Waals surface area contributed by atoms with Crippen molar-refractivity contribution in [1.82, 2.24) is 9.78 Å². The molecule has 0 atom stereocenters. The van der Waals surface area contributed by atoms with Crippen LogP contribution in [0.15, 0.2) is 24.3 Å². The maximum Gasteiger partial charge on any atom is 0.164 e. The van der Waals surface area contributed by atoms with E-state index >= 15 is 0 Å². The molecular weight excluding hydrogens is 260 g/mol. The van der Waals surface area contributed by atoms with E-state index in [1.807, 2.05) is 16.8 Å². The van der Waals surface area contributed by atoms with E-state index in [-0.39, 0.29) is 0 Å². The number of hydrogen-bond donors (Lipinski definition) is 1. The Labute approximate surface area is 127 Å². The molecule has 0 radical (unpaired) electrons. The number of aromatic hydroxyl groups is 1. The van der Waals surface area contributed by atoms with E-state index in [0.29, 0.717) is 11.7 Å². The Kier molecular flexibility index (Phi) is 5.05. The quantitative estimate of drug-likeness (QED) is 0.845. The lowest BCUT2D eigenvalue weighted by atomic mass is 10.0. The van der Waals surface area contributed by atoms with Crippen molar-refractivity contribution in [1.29, 1.82) is 0 Å². The van der Waals surface area contributed by atoms with Gasteiger partial charge in [0, 0.05) is 12.1 Å². The van der Waals surface area contributed by atoms with Gasteiger partial charge in [0.25, 0.3) is 0 Å². The van der Waals surface area contributed by atoms with Crippen LogP contribution in [0.3, 0.4) is 0 Å². The molecule has 0 aliphatic rings. The zero-order valence-corrected chi connectivity index (χ0v) is 13.6. The van der Waals surface area contributed by atoms with Gasteiger partial charge >= 0.3 is 0 Å². The predicted molar refractivity (Wildman–Crippen MR) is 87.5 cm³/mol. The van der Waals surface area contributed by atoms with Gasteiger partial charge in [-0.1, -0.05) is 51.5 Å². The molecule has 2 rings (SSSR count). The Balaban J connectivity index is 2.51. The first-order valence-electron chi connectivity index (χ1n) is 7.89. The van der Waals surface area contributed by atoms with Crippen molar-refractivity contribution in [2.24, 2.45) is 5.92 Å². The van der Waals surface area contributed by atoms with Gasteiger partial charge in [-0.15, -0.1) is 0 Å². The fourth-order valence-corrected chi connectivity index (χ4v) is 2.60. The number of benzene rings is 1. The third kappa shape index (κ3) is 3.46. The number of hydrogen-bond acceptors (Lipinski definition) is 2. The van der Waals surface area contributed by atoms with Crippen molar-refractivity contribution >= 4 is 0 Å². The lowest BCUT2D eigenvalue weighted by Gasteiger charge is -2.09. The van der Waals surface area contributed by atoms with Crippen molar-refractivity contribution in [3.63, 3.8) is 0 Å². The van der Waals surface area contributed by atoms with Crippen LogP contribution in [0.5, 0.6) is 5.75 Å². The maximum atomic E-state index is 10.7. The fourth-order valence-electron chi connectivity index (χ4n) is 2.60. The van der Waals surface area contributed by atoms with Crippen LogP contribution in [0.4, 0.5) is 0 Å². The van der Waals surface area contributed by atoms with E-state index < -0.39 is 0 Å². The molecule has 1 aromatic heterocycles. The second kappa shape index (κ2) is 6.79. The van der Waals surface area contributed by atoms with Gasteiger partial charge in [-0.3, -0.25) is 4.68 Å². The highest BCUT2D eigenvalue weighted by molar-refractivity contribution is 5.70. The normalized spacial score (nSPS) is 11.3. The molecule has 0 amide bonds. The molecular formula is C18H26N2O. The van der Waals surface area contributed by atoms with Crippen LogP contribution in [0.2, 0.25) is 0 Å². The van der Waals surface area contributed by atoms with Crippen LogP contribution >= 0.6 is 0 Å². The lowest BCUT2D eigenvalue weighted by molar-refractivity contribution is 0.463. The Bertz CT molecular complexity index is 599. The molecule has 0 saturated heterocycles. The molecule has 3 nitrogen and oxygen atoms in total. The fraction of sp³-hybridized carbons (Fsp3) is 0.500. The Morgan fingerprint density at radius 2 is 1.95 bits per heavy atom. The average Bonchev–Trinajstić information content (AvgIpc) is 2.73. The summed E-state index contributed by atoms with van der Waals surface area (Å²) in [5, 5.41) is 15.3. The number of nitrogens with zero attached hydrogens (tertiary/aromatic N) is 2. The van der Waals surface area contributed by atoms with Gasteiger partial charge in [0.15, 0.2) is 5.75 Å². The zero-order chi connectivity index (χ0) is 15.4.